The van der Waals surface area contributed by atoms with Gasteiger partial charge in [0.15, 0.2) is 0 Å². The lowest BCUT2D eigenvalue weighted by Crippen LogP contribution is -1.94. The molecule has 110 valence electrons. The predicted molar refractivity (Wildman–Crippen MR) is 84.6 cm³/mol. The Kier molecular flexibility index (Phi) is 14.1. The van der Waals surface area contributed by atoms with Crippen molar-refractivity contribution < 1.29 is 4.79 Å². The van der Waals surface area contributed by atoms with Crippen LogP contribution in [0, 0.1) is 13.8 Å². The normalized spacial score (nSPS) is 8.79. The quantitative estimate of drug-likeness (QED) is 0.762. The Morgan fingerprint density at radius 2 is 1.74 bits per heavy atom. The van der Waals surface area contributed by atoms with E-state index < -0.39 is 0 Å². The lowest BCUT2D eigenvalue weighted by Gasteiger charge is -2.05. The molecule has 0 saturated heterocycles. The van der Waals surface area contributed by atoms with Gasteiger partial charge in [0, 0.05) is 18.3 Å². The molecule has 0 aliphatic heterocycles. The van der Waals surface area contributed by atoms with Gasteiger partial charge in [-0.05, 0) is 50.8 Å². The van der Waals surface area contributed by atoms with E-state index in [1.54, 1.807) is 6.92 Å². The highest BCUT2D eigenvalue weighted by atomic mass is 16.1. The summed E-state index contributed by atoms with van der Waals surface area (Å²) in [6.07, 6.45) is 5.96. The zero-order valence-electron chi connectivity index (χ0n) is 13.8. The van der Waals surface area contributed by atoms with Crippen molar-refractivity contribution in [3.05, 3.63) is 29.1 Å². The number of Topliss-reactive ketones (excluding diaryl/α,β-unsaturated/α-hetero) is 1. The topological polar surface area (TPSA) is 30.0 Å². The molecule has 0 unspecified atom stereocenters. The second-order valence-electron chi connectivity index (χ2n) is 4.39. The molecular formula is C17H31NO. The number of nitrogens with zero attached hydrogens (tertiary/aromatic N) is 1. The van der Waals surface area contributed by atoms with Crippen LogP contribution >= 0.6 is 0 Å². The average molecular weight is 265 g/mol. The van der Waals surface area contributed by atoms with Crippen LogP contribution in [0.25, 0.3) is 0 Å². The Balaban J connectivity index is 0. The first kappa shape index (κ1) is 20.1. The number of ketones is 1. The van der Waals surface area contributed by atoms with E-state index in [0.717, 1.165) is 19.3 Å². The molecule has 1 aromatic heterocycles. The number of hydrogen-bond donors (Lipinski definition) is 0. The fraction of sp³-hybridized carbons (Fsp3) is 0.647. The summed E-state index contributed by atoms with van der Waals surface area (Å²) in [5.41, 5.74) is 3.99. The van der Waals surface area contributed by atoms with Crippen LogP contribution in [-0.2, 0) is 11.2 Å². The maximum absolute atomic E-state index is 10.0. The number of aryl methyl sites for hydroxylation is 2. The van der Waals surface area contributed by atoms with E-state index in [9.17, 15) is 4.79 Å². The Bertz CT molecular complexity index is 325. The zero-order valence-corrected chi connectivity index (χ0v) is 13.8. The number of carbonyl (C=O) groups excluding carboxylic acids is 1. The van der Waals surface area contributed by atoms with E-state index in [-0.39, 0.29) is 5.78 Å². The Hall–Kier alpha value is -1.18. The van der Waals surface area contributed by atoms with Gasteiger partial charge in [-0.2, -0.15) is 0 Å². The highest BCUT2D eigenvalue weighted by Crippen LogP contribution is 2.12. The molecule has 0 atom stereocenters. The molecular weight excluding hydrogens is 234 g/mol. The number of hydrogen-bond acceptors (Lipinski definition) is 2. The molecule has 0 N–H and O–H groups in total. The number of aromatic nitrogens is 1. The second kappa shape index (κ2) is 13.3. The predicted octanol–water partition coefficient (Wildman–Crippen LogP) is 5.05. The van der Waals surface area contributed by atoms with E-state index in [0.29, 0.717) is 0 Å². The minimum atomic E-state index is 0.289. The molecule has 0 fully saturated rings. The van der Waals surface area contributed by atoms with E-state index in [4.69, 9.17) is 0 Å². The fourth-order valence-corrected chi connectivity index (χ4v) is 1.70. The maximum Gasteiger partial charge on any atom is 0.129 e. The van der Waals surface area contributed by atoms with Gasteiger partial charge in [-0.3, -0.25) is 4.98 Å². The van der Waals surface area contributed by atoms with E-state index in [2.05, 4.69) is 31.8 Å². The smallest absolute Gasteiger partial charge is 0.129 e. The molecule has 0 saturated carbocycles. The standard InChI is InChI=1S/C10H15N.C5H10O.C2H6/c1-4-5-10-8(2)6-7-11-9(10)3;1-3-4-5(2)6;1-2/h6-7H,4-5H2,1-3H3;3-4H2,1-2H3;1-2H3. The van der Waals surface area contributed by atoms with Crippen LogP contribution in [0.4, 0.5) is 0 Å². The molecule has 0 aliphatic rings. The summed E-state index contributed by atoms with van der Waals surface area (Å²) < 4.78 is 0. The highest BCUT2D eigenvalue weighted by molar-refractivity contribution is 5.75. The van der Waals surface area contributed by atoms with E-state index in [1.807, 2.05) is 27.0 Å². The fourth-order valence-electron chi connectivity index (χ4n) is 1.70. The summed E-state index contributed by atoms with van der Waals surface area (Å²) in [5.74, 6) is 0.289. The molecule has 1 heterocycles. The van der Waals surface area contributed by atoms with Crippen molar-refractivity contribution in [2.24, 2.45) is 0 Å². The SMILES string of the molecule is CC.CCCC(C)=O.CCCc1c(C)ccnc1C. The summed E-state index contributed by atoms with van der Waals surface area (Å²) in [7, 11) is 0. The highest BCUT2D eigenvalue weighted by Gasteiger charge is 2.00. The third-order valence-electron chi connectivity index (χ3n) is 2.61. The Morgan fingerprint density at radius 3 is 2.05 bits per heavy atom. The molecule has 0 aliphatic carbocycles. The van der Waals surface area contributed by atoms with Gasteiger partial charge < -0.3 is 4.79 Å². The van der Waals surface area contributed by atoms with Crippen molar-refractivity contribution in [1.29, 1.82) is 0 Å². The van der Waals surface area contributed by atoms with E-state index >= 15 is 0 Å². The van der Waals surface area contributed by atoms with Gasteiger partial charge in [-0.15, -0.1) is 0 Å². The van der Waals surface area contributed by atoms with Crippen LogP contribution in [0.5, 0.6) is 0 Å². The molecule has 0 bridgehead atoms. The third-order valence-corrected chi connectivity index (χ3v) is 2.61. The van der Waals surface area contributed by atoms with Gasteiger partial charge in [-0.1, -0.05) is 34.1 Å². The molecule has 0 spiro atoms. The lowest BCUT2D eigenvalue weighted by molar-refractivity contribution is -0.117. The van der Waals surface area contributed by atoms with Gasteiger partial charge in [0.25, 0.3) is 0 Å². The van der Waals surface area contributed by atoms with Gasteiger partial charge >= 0.3 is 0 Å². The first-order valence-corrected chi connectivity index (χ1v) is 7.43. The first-order valence-electron chi connectivity index (χ1n) is 7.43. The molecule has 0 aromatic carbocycles. The molecule has 1 rings (SSSR count). The van der Waals surface area contributed by atoms with Crippen molar-refractivity contribution in [3.8, 4) is 0 Å². The van der Waals surface area contributed by atoms with Crippen LogP contribution in [0.1, 0.15) is 70.7 Å². The lowest BCUT2D eigenvalue weighted by atomic mass is 10.0. The summed E-state index contributed by atoms with van der Waals surface area (Å²) in [5, 5.41) is 0. The second-order valence-corrected chi connectivity index (χ2v) is 4.39. The van der Waals surface area contributed by atoms with Crippen LogP contribution in [0.15, 0.2) is 12.3 Å². The number of pyridine rings is 1. The molecule has 19 heavy (non-hydrogen) atoms. The monoisotopic (exact) mass is 265 g/mol. The summed E-state index contributed by atoms with van der Waals surface area (Å²) in [6.45, 7) is 14.1. The minimum Gasteiger partial charge on any atom is -0.300 e. The summed E-state index contributed by atoms with van der Waals surface area (Å²) >= 11 is 0. The zero-order chi connectivity index (χ0) is 15.3. The van der Waals surface area contributed by atoms with Gasteiger partial charge in [0.2, 0.25) is 0 Å². The molecule has 0 amide bonds. The Morgan fingerprint density at radius 1 is 1.16 bits per heavy atom. The van der Waals surface area contributed by atoms with Crippen molar-refractivity contribution in [3.63, 3.8) is 0 Å². The third kappa shape index (κ3) is 10.4. The Labute approximate surface area is 119 Å². The largest absolute Gasteiger partial charge is 0.300 e. The van der Waals surface area contributed by atoms with Crippen LogP contribution in [0.3, 0.4) is 0 Å². The van der Waals surface area contributed by atoms with Gasteiger partial charge in [-0.25, -0.2) is 0 Å². The van der Waals surface area contributed by atoms with E-state index in [1.165, 1.54) is 23.2 Å². The molecule has 1 aromatic rings. The molecule has 2 heteroatoms. The van der Waals surface area contributed by atoms with Gasteiger partial charge in [0.05, 0.1) is 0 Å². The first-order chi connectivity index (χ1) is 9.02. The number of rotatable bonds is 4. The van der Waals surface area contributed by atoms with Crippen LogP contribution in [-0.4, -0.2) is 10.8 Å². The molecule has 2 nitrogen and oxygen atoms in total. The summed E-state index contributed by atoms with van der Waals surface area (Å²) in [6, 6.07) is 2.08. The number of carbonyl (C=O) groups is 1. The minimum absolute atomic E-state index is 0.289. The van der Waals surface area contributed by atoms with Crippen molar-refractivity contribution in [2.45, 2.75) is 74.1 Å². The molecule has 0 radical (unpaired) electrons. The van der Waals surface area contributed by atoms with Crippen LogP contribution in [0.2, 0.25) is 0 Å². The van der Waals surface area contributed by atoms with Gasteiger partial charge in [0.1, 0.15) is 5.78 Å². The van der Waals surface area contributed by atoms with Crippen molar-refractivity contribution in [1.82, 2.24) is 4.98 Å². The van der Waals surface area contributed by atoms with Crippen molar-refractivity contribution in [2.75, 3.05) is 0 Å². The van der Waals surface area contributed by atoms with Crippen LogP contribution < -0.4 is 0 Å². The average Bonchev–Trinajstić information content (AvgIpc) is 2.37. The summed E-state index contributed by atoms with van der Waals surface area (Å²) in [4.78, 5) is 14.3. The van der Waals surface area contributed by atoms with Crippen molar-refractivity contribution >= 4 is 5.78 Å². The maximum atomic E-state index is 10.0.